The third-order valence-electron chi connectivity index (χ3n) is 3.60. The first kappa shape index (κ1) is 20.4. The zero-order chi connectivity index (χ0) is 20.5. The van der Waals surface area contributed by atoms with E-state index in [1.54, 1.807) is 23.3 Å². The van der Waals surface area contributed by atoms with Crippen molar-refractivity contribution in [3.05, 3.63) is 60.4 Å². The van der Waals surface area contributed by atoms with E-state index < -0.39 is 0 Å². The molecule has 0 atom stereocenters. The second-order valence-electron chi connectivity index (χ2n) is 5.49. The number of hydrogen-bond acceptors (Lipinski definition) is 10. The van der Waals surface area contributed by atoms with E-state index >= 15 is 0 Å². The number of nitrogens with zero attached hydrogens (tertiary/aromatic N) is 3. The van der Waals surface area contributed by atoms with Gasteiger partial charge in [-0.2, -0.15) is 9.59 Å². The lowest BCUT2D eigenvalue weighted by atomic mass is 10.3. The Kier molecular flexibility index (Phi) is 7.26. The maximum absolute atomic E-state index is 8.12. The molecule has 29 heavy (non-hydrogen) atoms. The summed E-state index contributed by atoms with van der Waals surface area (Å²) in [5.74, 6) is 1.45. The van der Waals surface area contributed by atoms with Crippen LogP contribution in [0.3, 0.4) is 0 Å². The van der Waals surface area contributed by atoms with Crippen LogP contribution in [0, 0.1) is 0 Å². The molecule has 0 spiro atoms. The van der Waals surface area contributed by atoms with Gasteiger partial charge >= 0.3 is 6.15 Å². The molecule has 10 heteroatoms. The summed E-state index contributed by atoms with van der Waals surface area (Å²) in [4.78, 5) is 30.3. The SMILES string of the molecule is CNSc1cccc(Nc2cc(Nc3ccc4scnc4c3)ncn2)c1.O=C=O. The first-order valence-electron chi connectivity index (χ1n) is 8.34. The number of nitrogens with one attached hydrogen (secondary N) is 3. The number of anilines is 4. The molecule has 0 amide bonds. The van der Waals surface area contributed by atoms with Gasteiger partial charge in [-0.25, -0.2) is 15.0 Å². The molecule has 2 heterocycles. The average Bonchev–Trinajstić information content (AvgIpc) is 3.17. The van der Waals surface area contributed by atoms with Gasteiger partial charge in [0.2, 0.25) is 0 Å². The fourth-order valence-corrected chi connectivity index (χ4v) is 3.71. The highest BCUT2D eigenvalue weighted by Gasteiger charge is 2.03. The van der Waals surface area contributed by atoms with E-state index in [1.165, 1.54) is 11.0 Å². The normalized spacial score (nSPS) is 9.97. The minimum absolute atomic E-state index is 0.250. The van der Waals surface area contributed by atoms with Gasteiger partial charge in [-0.05, 0) is 55.4 Å². The molecule has 0 saturated heterocycles. The number of aromatic nitrogens is 3. The van der Waals surface area contributed by atoms with Crippen molar-refractivity contribution in [2.75, 3.05) is 17.7 Å². The molecule has 0 fully saturated rings. The summed E-state index contributed by atoms with van der Waals surface area (Å²) in [6.07, 6.45) is 1.79. The second kappa shape index (κ2) is 10.3. The third kappa shape index (κ3) is 5.84. The van der Waals surface area contributed by atoms with Gasteiger partial charge in [0.25, 0.3) is 0 Å². The number of thiazole rings is 1. The molecule has 3 N–H and O–H groups in total. The van der Waals surface area contributed by atoms with Gasteiger partial charge in [0.15, 0.2) is 0 Å². The van der Waals surface area contributed by atoms with Crippen molar-refractivity contribution in [3.63, 3.8) is 0 Å². The maximum Gasteiger partial charge on any atom is 0.373 e. The molecule has 2 aromatic carbocycles. The van der Waals surface area contributed by atoms with Gasteiger partial charge in [0.05, 0.1) is 15.7 Å². The molecular weight excluding hydrogens is 408 g/mol. The Morgan fingerprint density at radius 3 is 2.38 bits per heavy atom. The minimum atomic E-state index is 0.250. The minimum Gasteiger partial charge on any atom is -0.340 e. The fourth-order valence-electron chi connectivity index (χ4n) is 2.48. The lowest BCUT2D eigenvalue weighted by Crippen LogP contribution is -1.99. The van der Waals surface area contributed by atoms with Crippen molar-refractivity contribution < 1.29 is 9.59 Å². The first-order chi connectivity index (χ1) is 14.2. The Morgan fingerprint density at radius 1 is 0.931 bits per heavy atom. The molecule has 0 radical (unpaired) electrons. The van der Waals surface area contributed by atoms with E-state index in [9.17, 15) is 0 Å². The van der Waals surface area contributed by atoms with Crippen LogP contribution in [0.2, 0.25) is 0 Å². The molecule has 0 saturated carbocycles. The number of fused-ring (bicyclic) bond motifs is 1. The summed E-state index contributed by atoms with van der Waals surface area (Å²) >= 11 is 3.20. The quantitative estimate of drug-likeness (QED) is 0.392. The largest absolute Gasteiger partial charge is 0.373 e. The molecule has 146 valence electrons. The van der Waals surface area contributed by atoms with Gasteiger partial charge in [0, 0.05) is 22.3 Å². The molecule has 0 bridgehead atoms. The second-order valence-corrected chi connectivity index (χ2v) is 7.46. The van der Waals surface area contributed by atoms with Crippen molar-refractivity contribution in [2.45, 2.75) is 4.90 Å². The summed E-state index contributed by atoms with van der Waals surface area (Å²) in [6.45, 7) is 0. The Balaban J connectivity index is 0.000000755. The predicted molar refractivity (Wildman–Crippen MR) is 115 cm³/mol. The molecule has 4 rings (SSSR count). The highest BCUT2D eigenvalue weighted by Crippen LogP contribution is 2.25. The Labute approximate surface area is 174 Å². The summed E-state index contributed by atoms with van der Waals surface area (Å²) < 4.78 is 4.24. The highest BCUT2D eigenvalue weighted by molar-refractivity contribution is 7.97. The molecule has 0 aliphatic carbocycles. The lowest BCUT2D eigenvalue weighted by molar-refractivity contribution is -0.191. The van der Waals surface area contributed by atoms with Gasteiger partial charge in [0.1, 0.15) is 18.0 Å². The van der Waals surface area contributed by atoms with E-state index in [2.05, 4.69) is 42.4 Å². The number of benzene rings is 2. The van der Waals surface area contributed by atoms with E-state index in [4.69, 9.17) is 9.59 Å². The summed E-state index contributed by atoms with van der Waals surface area (Å²) in [7, 11) is 1.90. The number of carbonyl (C=O) groups excluding carboxylic acids is 2. The molecule has 4 aromatic rings. The van der Waals surface area contributed by atoms with E-state index in [0.717, 1.165) is 33.4 Å². The fraction of sp³-hybridized carbons (Fsp3) is 0.0526. The zero-order valence-electron chi connectivity index (χ0n) is 15.2. The zero-order valence-corrected chi connectivity index (χ0v) is 16.9. The van der Waals surface area contributed by atoms with Crippen LogP contribution in [0.15, 0.2) is 65.3 Å². The van der Waals surface area contributed by atoms with Gasteiger partial charge < -0.3 is 10.6 Å². The maximum atomic E-state index is 8.12. The summed E-state index contributed by atoms with van der Waals surface area (Å²) in [6, 6.07) is 16.1. The summed E-state index contributed by atoms with van der Waals surface area (Å²) in [5.41, 5.74) is 4.74. The van der Waals surface area contributed by atoms with Crippen molar-refractivity contribution in [2.24, 2.45) is 0 Å². The van der Waals surface area contributed by atoms with Crippen LogP contribution >= 0.6 is 23.3 Å². The average molecular weight is 425 g/mol. The number of rotatable bonds is 6. The van der Waals surface area contributed by atoms with Crippen LogP contribution in [0.4, 0.5) is 23.0 Å². The van der Waals surface area contributed by atoms with E-state index in [0.29, 0.717) is 0 Å². The van der Waals surface area contributed by atoms with Crippen molar-refractivity contribution in [3.8, 4) is 0 Å². The van der Waals surface area contributed by atoms with Crippen LogP contribution in [-0.4, -0.2) is 28.2 Å². The summed E-state index contributed by atoms with van der Waals surface area (Å²) in [5, 5.41) is 6.61. The van der Waals surface area contributed by atoms with Crippen LogP contribution in [-0.2, 0) is 9.59 Å². The van der Waals surface area contributed by atoms with Gasteiger partial charge in [-0.15, -0.1) is 11.3 Å². The molecule has 2 aromatic heterocycles. The highest BCUT2D eigenvalue weighted by atomic mass is 32.2. The standard InChI is InChI=1S/C18H16N6S2.CO2/c1-19-26-14-4-2-3-12(7-14)23-17-9-18(21-10-20-17)24-13-5-6-16-15(8-13)22-11-25-16;2-1-3/h2-11,19H,1H3,(H2,20,21,23,24);. The van der Waals surface area contributed by atoms with E-state index in [-0.39, 0.29) is 6.15 Å². The lowest BCUT2D eigenvalue weighted by Gasteiger charge is -2.09. The third-order valence-corrected chi connectivity index (χ3v) is 5.10. The smallest absolute Gasteiger partial charge is 0.340 e. The van der Waals surface area contributed by atoms with Crippen LogP contribution < -0.4 is 15.4 Å². The Bertz CT molecular complexity index is 1130. The van der Waals surface area contributed by atoms with Crippen molar-refractivity contribution >= 4 is 62.7 Å². The van der Waals surface area contributed by atoms with Gasteiger partial charge in [-0.1, -0.05) is 6.07 Å². The number of hydrogen-bond donors (Lipinski definition) is 3. The first-order valence-corrected chi connectivity index (χ1v) is 10.0. The molecule has 8 nitrogen and oxygen atoms in total. The van der Waals surface area contributed by atoms with Crippen LogP contribution in [0.1, 0.15) is 0 Å². The molecule has 0 unspecified atom stereocenters. The van der Waals surface area contributed by atoms with Crippen LogP contribution in [0.25, 0.3) is 10.2 Å². The molecular formula is C19H16N6O2S2. The molecule has 0 aliphatic heterocycles. The Morgan fingerprint density at radius 2 is 1.66 bits per heavy atom. The monoisotopic (exact) mass is 424 g/mol. The van der Waals surface area contributed by atoms with Crippen molar-refractivity contribution in [1.82, 2.24) is 19.7 Å². The van der Waals surface area contributed by atoms with Crippen molar-refractivity contribution in [1.29, 1.82) is 0 Å². The van der Waals surface area contributed by atoms with Crippen LogP contribution in [0.5, 0.6) is 0 Å². The predicted octanol–water partition coefficient (Wildman–Crippen LogP) is 4.22. The molecule has 0 aliphatic rings. The van der Waals surface area contributed by atoms with Gasteiger partial charge in [-0.3, -0.25) is 4.72 Å². The van der Waals surface area contributed by atoms with E-state index in [1.807, 2.05) is 49.0 Å². The Hall–Kier alpha value is -3.30. The topological polar surface area (TPSA) is 109 Å².